The maximum Gasteiger partial charge on any atom is 0.162 e. The molecule has 0 N–H and O–H groups in total. The van der Waals surface area contributed by atoms with Crippen molar-refractivity contribution in [2.45, 2.75) is 32.6 Å². The van der Waals surface area contributed by atoms with Gasteiger partial charge in [-0.1, -0.05) is 32.9 Å². The zero-order chi connectivity index (χ0) is 15.4. The number of fused-ring (bicyclic) bond motifs is 3. The average molecular weight is 408 g/mol. The molecule has 0 atom stereocenters. The third kappa shape index (κ3) is 2.22. The predicted molar refractivity (Wildman–Crippen MR) is 94.0 cm³/mol. The Morgan fingerprint density at radius 3 is 2.29 bits per heavy atom. The lowest BCUT2D eigenvalue weighted by molar-refractivity contribution is 0.0988. The number of carbonyl (C=O) groups is 1. The Morgan fingerprint density at radius 1 is 1.00 bits per heavy atom. The SMILES string of the molecule is CCC(=O)c1ccc2c(c1)C(C)(C)c1cc(Br)c(Br)cc1-2. The van der Waals surface area contributed by atoms with Crippen LogP contribution in [0.5, 0.6) is 0 Å². The Balaban J connectivity index is 2.26. The van der Waals surface area contributed by atoms with E-state index in [2.05, 4.69) is 70.0 Å². The lowest BCUT2D eigenvalue weighted by Crippen LogP contribution is -2.15. The van der Waals surface area contributed by atoms with Gasteiger partial charge in [-0.3, -0.25) is 4.79 Å². The highest BCUT2D eigenvalue weighted by molar-refractivity contribution is 9.13. The summed E-state index contributed by atoms with van der Waals surface area (Å²) in [6.07, 6.45) is 0.545. The van der Waals surface area contributed by atoms with Crippen LogP contribution in [0.2, 0.25) is 0 Å². The normalized spacial score (nSPS) is 14.7. The van der Waals surface area contributed by atoms with Crippen molar-refractivity contribution in [2.75, 3.05) is 0 Å². The van der Waals surface area contributed by atoms with Crippen LogP contribution in [0, 0.1) is 0 Å². The molecule has 3 rings (SSSR count). The third-order valence-corrected chi connectivity index (χ3v) is 6.20. The number of Topliss-reactive ketones (excluding diaryl/α,β-unsaturated/α-hetero) is 1. The van der Waals surface area contributed by atoms with Gasteiger partial charge < -0.3 is 0 Å². The van der Waals surface area contributed by atoms with Crippen molar-refractivity contribution in [1.29, 1.82) is 0 Å². The Labute approximate surface area is 142 Å². The van der Waals surface area contributed by atoms with Crippen LogP contribution in [-0.4, -0.2) is 5.78 Å². The van der Waals surface area contributed by atoms with Crippen LogP contribution in [0.25, 0.3) is 11.1 Å². The second-order valence-corrected chi connectivity index (χ2v) is 7.68. The summed E-state index contributed by atoms with van der Waals surface area (Å²) in [4.78, 5) is 12.0. The van der Waals surface area contributed by atoms with Gasteiger partial charge in [-0.15, -0.1) is 0 Å². The fourth-order valence-electron chi connectivity index (χ4n) is 3.11. The molecule has 0 spiro atoms. The second kappa shape index (κ2) is 5.06. The minimum absolute atomic E-state index is 0.0854. The fourth-order valence-corrected chi connectivity index (χ4v) is 3.79. The Bertz CT molecular complexity index is 760. The van der Waals surface area contributed by atoms with Crippen LogP contribution in [-0.2, 0) is 5.41 Å². The fraction of sp³-hybridized carbons (Fsp3) is 0.278. The molecule has 3 heteroatoms. The molecule has 2 aromatic carbocycles. The maximum atomic E-state index is 12.0. The minimum Gasteiger partial charge on any atom is -0.294 e. The lowest BCUT2D eigenvalue weighted by atomic mass is 9.82. The van der Waals surface area contributed by atoms with Crippen molar-refractivity contribution < 1.29 is 4.79 Å². The van der Waals surface area contributed by atoms with E-state index in [4.69, 9.17) is 0 Å². The summed E-state index contributed by atoms with van der Waals surface area (Å²) < 4.78 is 2.12. The molecule has 0 fully saturated rings. The van der Waals surface area contributed by atoms with Gasteiger partial charge in [0.1, 0.15) is 0 Å². The lowest BCUT2D eigenvalue weighted by Gasteiger charge is -2.22. The summed E-state index contributed by atoms with van der Waals surface area (Å²) in [5.74, 6) is 0.201. The van der Waals surface area contributed by atoms with Gasteiger partial charge >= 0.3 is 0 Å². The van der Waals surface area contributed by atoms with Crippen molar-refractivity contribution in [3.63, 3.8) is 0 Å². The largest absolute Gasteiger partial charge is 0.294 e. The topological polar surface area (TPSA) is 17.1 Å². The summed E-state index contributed by atoms with van der Waals surface area (Å²) in [6, 6.07) is 10.5. The van der Waals surface area contributed by atoms with E-state index in [-0.39, 0.29) is 11.2 Å². The zero-order valence-corrected chi connectivity index (χ0v) is 15.4. The van der Waals surface area contributed by atoms with Crippen LogP contribution in [0.1, 0.15) is 48.7 Å². The van der Waals surface area contributed by atoms with Crippen LogP contribution < -0.4 is 0 Å². The van der Waals surface area contributed by atoms with E-state index in [0.717, 1.165) is 14.5 Å². The van der Waals surface area contributed by atoms with E-state index in [0.29, 0.717) is 6.42 Å². The monoisotopic (exact) mass is 406 g/mol. The number of hydrogen-bond donors (Lipinski definition) is 0. The number of carbonyl (C=O) groups excluding carboxylic acids is 1. The molecule has 1 aliphatic rings. The molecule has 1 nitrogen and oxygen atoms in total. The molecular formula is C18H16Br2O. The number of rotatable bonds is 2. The molecule has 0 aliphatic heterocycles. The molecule has 0 unspecified atom stereocenters. The van der Waals surface area contributed by atoms with E-state index < -0.39 is 0 Å². The van der Waals surface area contributed by atoms with Gasteiger partial charge in [0.25, 0.3) is 0 Å². The first-order valence-corrected chi connectivity index (χ1v) is 8.62. The molecule has 0 bridgehead atoms. The molecule has 0 amide bonds. The minimum atomic E-state index is -0.0854. The molecule has 0 saturated heterocycles. The predicted octanol–water partition coefficient (Wildman–Crippen LogP) is 6.11. The molecule has 108 valence electrons. The van der Waals surface area contributed by atoms with Crippen LogP contribution in [0.3, 0.4) is 0 Å². The van der Waals surface area contributed by atoms with E-state index in [1.54, 1.807) is 0 Å². The van der Waals surface area contributed by atoms with Crippen LogP contribution in [0.15, 0.2) is 39.3 Å². The standard InChI is InChI=1S/C18H16Br2O/c1-4-17(21)10-5-6-11-12-8-15(19)16(20)9-14(12)18(2,3)13(11)7-10/h5-9H,4H2,1-3H3. The van der Waals surface area contributed by atoms with E-state index >= 15 is 0 Å². The van der Waals surface area contributed by atoms with Gasteiger partial charge in [-0.2, -0.15) is 0 Å². The Kier molecular flexibility index (Phi) is 3.61. The summed E-state index contributed by atoms with van der Waals surface area (Å²) in [5.41, 5.74) is 5.75. The summed E-state index contributed by atoms with van der Waals surface area (Å²) >= 11 is 7.18. The van der Waals surface area contributed by atoms with Crippen molar-refractivity contribution in [3.05, 3.63) is 56.0 Å². The number of ketones is 1. The van der Waals surface area contributed by atoms with Crippen molar-refractivity contribution in [3.8, 4) is 11.1 Å². The highest BCUT2D eigenvalue weighted by Gasteiger charge is 2.36. The van der Waals surface area contributed by atoms with Gasteiger partial charge in [-0.05, 0) is 72.3 Å². The van der Waals surface area contributed by atoms with Gasteiger partial charge in [0, 0.05) is 26.3 Å². The van der Waals surface area contributed by atoms with Crippen LogP contribution in [0.4, 0.5) is 0 Å². The molecule has 0 heterocycles. The quantitative estimate of drug-likeness (QED) is 0.548. The van der Waals surface area contributed by atoms with Gasteiger partial charge in [0.2, 0.25) is 0 Å². The first-order valence-electron chi connectivity index (χ1n) is 7.04. The number of benzene rings is 2. The molecule has 0 aromatic heterocycles. The summed E-state index contributed by atoms with van der Waals surface area (Å²) in [7, 11) is 0. The van der Waals surface area contributed by atoms with E-state index in [1.165, 1.54) is 22.3 Å². The highest BCUT2D eigenvalue weighted by atomic mass is 79.9. The molecule has 21 heavy (non-hydrogen) atoms. The van der Waals surface area contributed by atoms with Crippen molar-refractivity contribution >= 4 is 37.6 Å². The Morgan fingerprint density at radius 2 is 1.62 bits per heavy atom. The third-order valence-electron chi connectivity index (χ3n) is 4.36. The molecule has 2 aromatic rings. The van der Waals surface area contributed by atoms with Crippen LogP contribution >= 0.6 is 31.9 Å². The molecule has 0 saturated carbocycles. The van der Waals surface area contributed by atoms with E-state index in [1.807, 2.05) is 13.0 Å². The van der Waals surface area contributed by atoms with Gasteiger partial charge in [0.15, 0.2) is 5.78 Å². The highest BCUT2D eigenvalue weighted by Crippen LogP contribution is 2.50. The van der Waals surface area contributed by atoms with Gasteiger partial charge in [0.05, 0.1) is 0 Å². The number of hydrogen-bond acceptors (Lipinski definition) is 1. The summed E-state index contributed by atoms with van der Waals surface area (Å²) in [6.45, 7) is 6.35. The van der Waals surface area contributed by atoms with Gasteiger partial charge in [-0.25, -0.2) is 0 Å². The van der Waals surface area contributed by atoms with E-state index in [9.17, 15) is 4.79 Å². The molecule has 1 aliphatic carbocycles. The number of halogens is 2. The smallest absolute Gasteiger partial charge is 0.162 e. The van der Waals surface area contributed by atoms with Crippen molar-refractivity contribution in [2.24, 2.45) is 0 Å². The zero-order valence-electron chi connectivity index (χ0n) is 12.3. The molecule has 0 radical (unpaired) electrons. The first-order chi connectivity index (χ1) is 9.86. The second-order valence-electron chi connectivity index (χ2n) is 5.97. The first kappa shape index (κ1) is 15.0. The average Bonchev–Trinajstić information content (AvgIpc) is 2.67. The van der Waals surface area contributed by atoms with Crippen molar-refractivity contribution in [1.82, 2.24) is 0 Å². The molecular weight excluding hydrogens is 392 g/mol. The maximum absolute atomic E-state index is 12.0. The summed E-state index contributed by atoms with van der Waals surface area (Å²) in [5, 5.41) is 0. The Hall–Kier alpha value is -0.930.